The van der Waals surface area contributed by atoms with Gasteiger partial charge in [0.2, 0.25) is 0 Å². The first kappa shape index (κ1) is 8.11. The number of hydrogen-bond acceptors (Lipinski definition) is 3. The fraction of sp³-hybridized carbons (Fsp3) is 0. The van der Waals surface area contributed by atoms with Crippen molar-refractivity contribution in [2.45, 2.75) is 0 Å². The molecule has 4 heteroatoms. The van der Waals surface area contributed by atoms with E-state index in [2.05, 4.69) is 9.97 Å². The normalized spacial score (nSPS) is 13.5. The van der Waals surface area contributed by atoms with Crippen LogP contribution in [0, 0.1) is 0 Å². The predicted molar refractivity (Wildman–Crippen MR) is 55.7 cm³/mol. The average molecular weight is 198 g/mol. The summed E-state index contributed by atoms with van der Waals surface area (Å²) < 4.78 is 0. The maximum absolute atomic E-state index is 11.4. The van der Waals surface area contributed by atoms with Crippen molar-refractivity contribution >= 4 is 22.8 Å². The van der Waals surface area contributed by atoms with Crippen LogP contribution in [0.15, 0.2) is 29.3 Å². The van der Waals surface area contributed by atoms with Crippen LogP contribution in [-0.2, 0) is 0 Å². The molecule has 1 aromatic heterocycles. The Labute approximate surface area is 84.3 Å². The number of hydrogen-bond donors (Lipinski definition) is 1. The molecule has 1 heterocycles. The minimum atomic E-state index is -0.314. The second-order valence-electron chi connectivity index (χ2n) is 3.39. The van der Waals surface area contributed by atoms with Gasteiger partial charge in [-0.2, -0.15) is 4.98 Å². The third-order valence-corrected chi connectivity index (χ3v) is 2.50. The zero-order valence-electron chi connectivity index (χ0n) is 7.65. The molecule has 0 amide bonds. The van der Waals surface area contributed by atoms with E-state index in [1.54, 1.807) is 18.2 Å². The summed E-state index contributed by atoms with van der Waals surface area (Å²) in [7, 11) is 0. The third kappa shape index (κ3) is 1.05. The van der Waals surface area contributed by atoms with Crippen molar-refractivity contribution < 1.29 is 4.79 Å². The van der Waals surface area contributed by atoms with Gasteiger partial charge >= 0.3 is 0 Å². The molecule has 0 radical (unpaired) electrons. The van der Waals surface area contributed by atoms with Crippen LogP contribution in [0.2, 0.25) is 0 Å². The summed E-state index contributed by atoms with van der Waals surface area (Å²) in [6.45, 7) is 0. The van der Waals surface area contributed by atoms with Crippen molar-refractivity contribution in [3.63, 3.8) is 0 Å². The number of nitrogens with one attached hydrogen (secondary N) is 1. The summed E-state index contributed by atoms with van der Waals surface area (Å²) in [5.41, 5.74) is 1.80. The third-order valence-electron chi connectivity index (χ3n) is 2.50. The zero-order chi connectivity index (χ0) is 10.4. The Morgan fingerprint density at radius 1 is 1.13 bits per heavy atom. The molecule has 0 spiro atoms. The van der Waals surface area contributed by atoms with Gasteiger partial charge in [-0.1, -0.05) is 6.08 Å². The monoisotopic (exact) mass is 198 g/mol. The smallest absolute Gasteiger partial charge is 0.280 e. The van der Waals surface area contributed by atoms with Gasteiger partial charge in [0.15, 0.2) is 5.78 Å². The van der Waals surface area contributed by atoms with Gasteiger partial charge in [-0.25, -0.2) is 0 Å². The number of aromatic nitrogens is 2. The number of carbonyl (C=O) groups is 1. The Kier molecular flexibility index (Phi) is 1.42. The van der Waals surface area contributed by atoms with Gasteiger partial charge in [0, 0.05) is 5.56 Å². The Morgan fingerprint density at radius 2 is 2.00 bits per heavy atom. The van der Waals surface area contributed by atoms with Crippen LogP contribution in [0.3, 0.4) is 0 Å². The minimum Gasteiger partial charge on any atom is -0.346 e. The average Bonchev–Trinajstić information content (AvgIpc) is 2.59. The van der Waals surface area contributed by atoms with Crippen LogP contribution in [-0.4, -0.2) is 15.8 Å². The number of fused-ring (bicyclic) bond motifs is 2. The molecule has 0 aliphatic heterocycles. The van der Waals surface area contributed by atoms with Gasteiger partial charge in [-0.05, 0) is 23.8 Å². The lowest BCUT2D eigenvalue weighted by Crippen LogP contribution is -2.07. The Morgan fingerprint density at radius 3 is 2.87 bits per heavy atom. The molecular weight excluding hydrogens is 192 g/mol. The summed E-state index contributed by atoms with van der Waals surface area (Å²) in [5.74, 6) is -0.0600. The van der Waals surface area contributed by atoms with Crippen molar-refractivity contribution in [2.75, 3.05) is 0 Å². The molecule has 15 heavy (non-hydrogen) atoms. The topological polar surface area (TPSA) is 62.8 Å². The number of nitrogens with zero attached hydrogens (tertiary/aromatic N) is 1. The van der Waals surface area contributed by atoms with E-state index in [0.717, 1.165) is 5.56 Å². The maximum atomic E-state index is 11.4. The van der Waals surface area contributed by atoms with Crippen LogP contribution in [0.25, 0.3) is 17.0 Å². The summed E-state index contributed by atoms with van der Waals surface area (Å²) >= 11 is 0. The van der Waals surface area contributed by atoms with Crippen LogP contribution in [0.1, 0.15) is 15.9 Å². The van der Waals surface area contributed by atoms with E-state index in [1.165, 1.54) is 12.4 Å². The van der Waals surface area contributed by atoms with Gasteiger partial charge in [0.1, 0.15) is 0 Å². The molecule has 0 saturated heterocycles. The second-order valence-corrected chi connectivity index (χ2v) is 3.39. The molecule has 4 nitrogen and oxygen atoms in total. The molecule has 72 valence electrons. The predicted octanol–water partition coefficient (Wildman–Crippen LogP) is 1.13. The van der Waals surface area contributed by atoms with E-state index in [9.17, 15) is 9.59 Å². The summed E-state index contributed by atoms with van der Waals surface area (Å²) in [6.07, 6.45) is 4.61. The Bertz CT molecular complexity index is 668. The maximum Gasteiger partial charge on any atom is 0.280 e. The molecule has 0 bridgehead atoms. The van der Waals surface area contributed by atoms with E-state index in [0.29, 0.717) is 16.5 Å². The lowest BCUT2D eigenvalue weighted by Gasteiger charge is -2.00. The lowest BCUT2D eigenvalue weighted by molar-refractivity contribution is 0.105. The molecule has 0 atom stereocenters. The number of carbonyl (C=O) groups excluding carboxylic acids is 1. The van der Waals surface area contributed by atoms with Crippen LogP contribution < -0.4 is 5.56 Å². The van der Waals surface area contributed by atoms with Gasteiger partial charge in [-0.3, -0.25) is 9.59 Å². The van der Waals surface area contributed by atoms with Crippen LogP contribution in [0.4, 0.5) is 0 Å². The molecule has 1 aromatic carbocycles. The molecule has 1 aliphatic rings. The fourth-order valence-corrected chi connectivity index (χ4v) is 1.75. The lowest BCUT2D eigenvalue weighted by atomic mass is 10.1. The SMILES string of the molecule is O=C1C=Cc2cc3[nH]cnc(=O)c3cc21. The second kappa shape index (κ2) is 2.63. The number of allylic oxidation sites excluding steroid dienone is 1. The van der Waals surface area contributed by atoms with E-state index in [1.807, 2.05) is 0 Å². The van der Waals surface area contributed by atoms with Crippen molar-refractivity contribution in [3.05, 3.63) is 46.0 Å². The van der Waals surface area contributed by atoms with Crippen molar-refractivity contribution in [1.29, 1.82) is 0 Å². The van der Waals surface area contributed by atoms with E-state index < -0.39 is 0 Å². The Balaban J connectivity index is 2.49. The van der Waals surface area contributed by atoms with E-state index in [4.69, 9.17) is 0 Å². The van der Waals surface area contributed by atoms with Crippen molar-refractivity contribution in [3.8, 4) is 0 Å². The number of benzene rings is 1. The summed E-state index contributed by atoms with van der Waals surface area (Å²) in [5, 5.41) is 0.452. The highest BCUT2D eigenvalue weighted by molar-refractivity contribution is 6.15. The quantitative estimate of drug-likeness (QED) is 0.690. The first-order valence-corrected chi connectivity index (χ1v) is 4.49. The standard InChI is InChI=1S/C11H6N2O2/c14-10-2-1-6-3-9-8(4-7(6)10)11(15)13-5-12-9/h1-5H,(H,12,13,15). The molecule has 0 saturated carbocycles. The zero-order valence-corrected chi connectivity index (χ0v) is 7.65. The number of rotatable bonds is 0. The van der Waals surface area contributed by atoms with Gasteiger partial charge < -0.3 is 4.98 Å². The highest BCUT2D eigenvalue weighted by atomic mass is 16.1. The first-order chi connectivity index (χ1) is 7.25. The van der Waals surface area contributed by atoms with E-state index >= 15 is 0 Å². The van der Waals surface area contributed by atoms with Gasteiger partial charge in [0.05, 0.1) is 17.2 Å². The Hall–Kier alpha value is -2.23. The highest BCUT2D eigenvalue weighted by Crippen LogP contribution is 2.22. The molecular formula is C11H6N2O2. The van der Waals surface area contributed by atoms with Crippen molar-refractivity contribution in [1.82, 2.24) is 9.97 Å². The summed E-state index contributed by atoms with van der Waals surface area (Å²) in [4.78, 5) is 29.3. The fourth-order valence-electron chi connectivity index (χ4n) is 1.75. The molecule has 1 aliphatic carbocycles. The number of ketones is 1. The number of H-pyrrole nitrogens is 1. The molecule has 1 N–H and O–H groups in total. The van der Waals surface area contributed by atoms with Crippen LogP contribution in [0.5, 0.6) is 0 Å². The van der Waals surface area contributed by atoms with E-state index in [-0.39, 0.29) is 11.3 Å². The molecule has 3 rings (SSSR count). The highest BCUT2D eigenvalue weighted by Gasteiger charge is 2.15. The van der Waals surface area contributed by atoms with Crippen LogP contribution >= 0.6 is 0 Å². The van der Waals surface area contributed by atoms with Gasteiger partial charge in [-0.15, -0.1) is 0 Å². The minimum absolute atomic E-state index is 0.0600. The molecule has 0 fully saturated rings. The first-order valence-electron chi connectivity index (χ1n) is 4.49. The largest absolute Gasteiger partial charge is 0.346 e. The van der Waals surface area contributed by atoms with Crippen molar-refractivity contribution in [2.24, 2.45) is 0 Å². The number of aromatic amines is 1. The van der Waals surface area contributed by atoms with Gasteiger partial charge in [0.25, 0.3) is 5.56 Å². The molecule has 2 aromatic rings. The summed E-state index contributed by atoms with van der Waals surface area (Å²) in [6, 6.07) is 3.38. The molecule has 0 unspecified atom stereocenters.